The molecule has 0 spiro atoms. The maximum atomic E-state index is 13.5. The third-order valence-corrected chi connectivity index (χ3v) is 3.95. The Morgan fingerprint density at radius 3 is 2.75 bits per heavy atom. The second-order valence-corrected chi connectivity index (χ2v) is 5.59. The highest BCUT2D eigenvalue weighted by Crippen LogP contribution is 2.18. The van der Waals surface area contributed by atoms with E-state index in [1.54, 1.807) is 30.1 Å². The van der Waals surface area contributed by atoms with Crippen molar-refractivity contribution in [1.29, 1.82) is 0 Å². The van der Waals surface area contributed by atoms with E-state index >= 15 is 0 Å². The van der Waals surface area contributed by atoms with Crippen molar-refractivity contribution in [3.05, 3.63) is 65.0 Å². The Morgan fingerprint density at radius 2 is 1.96 bits per heavy atom. The molecule has 1 aliphatic heterocycles. The van der Waals surface area contributed by atoms with Crippen molar-refractivity contribution in [2.75, 3.05) is 20.2 Å². The molecule has 3 rings (SSSR count). The lowest BCUT2D eigenvalue weighted by molar-refractivity contribution is 0.0773. The largest absolute Gasteiger partial charge is 0.489 e. The second kappa shape index (κ2) is 8.13. The average Bonchev–Trinajstić information content (AvgIpc) is 3.03. The summed E-state index contributed by atoms with van der Waals surface area (Å²) in [4.78, 5) is 14.0. The molecular weight excluding hydrogens is 331 g/mol. The summed E-state index contributed by atoms with van der Waals surface area (Å²) in [6, 6.07) is 12.0. The Balaban J connectivity index is 0.00000208. The summed E-state index contributed by atoms with van der Waals surface area (Å²) in [6.45, 7) is 2.30. The number of fused-ring (bicyclic) bond motifs is 1. The zero-order valence-electron chi connectivity index (χ0n) is 13.4. The molecule has 0 aromatic heterocycles. The van der Waals surface area contributed by atoms with Gasteiger partial charge in [-0.2, -0.15) is 0 Å². The first-order chi connectivity index (χ1) is 11.1. The van der Waals surface area contributed by atoms with Crippen molar-refractivity contribution in [2.24, 2.45) is 0 Å². The second-order valence-electron chi connectivity index (χ2n) is 5.59. The van der Waals surface area contributed by atoms with Gasteiger partial charge in [-0.15, -0.1) is 12.4 Å². The van der Waals surface area contributed by atoms with E-state index in [9.17, 15) is 9.18 Å². The van der Waals surface area contributed by atoms with E-state index in [4.69, 9.17) is 4.74 Å². The topological polar surface area (TPSA) is 41.6 Å². The van der Waals surface area contributed by atoms with Gasteiger partial charge in [0.15, 0.2) is 11.6 Å². The number of nitrogens with zero attached hydrogens (tertiary/aromatic N) is 1. The molecule has 4 nitrogen and oxygen atoms in total. The monoisotopic (exact) mass is 350 g/mol. The summed E-state index contributed by atoms with van der Waals surface area (Å²) in [5.74, 6) is -0.249. The van der Waals surface area contributed by atoms with Gasteiger partial charge < -0.3 is 15.0 Å². The van der Waals surface area contributed by atoms with Crippen molar-refractivity contribution in [3.8, 4) is 5.75 Å². The Bertz CT molecular complexity index is 724. The molecule has 2 aromatic rings. The number of para-hydroxylation sites is 1. The number of nitrogens with one attached hydrogen (secondary N) is 1. The molecule has 24 heavy (non-hydrogen) atoms. The zero-order valence-corrected chi connectivity index (χ0v) is 14.2. The van der Waals surface area contributed by atoms with E-state index in [-0.39, 0.29) is 30.7 Å². The van der Waals surface area contributed by atoms with Crippen molar-refractivity contribution in [2.45, 2.75) is 13.1 Å². The molecule has 0 radical (unpaired) electrons. The van der Waals surface area contributed by atoms with E-state index in [2.05, 4.69) is 5.32 Å². The number of rotatable bonds is 5. The number of hydrogen-bond acceptors (Lipinski definition) is 3. The maximum Gasteiger partial charge on any atom is 0.253 e. The minimum absolute atomic E-state index is 0. The van der Waals surface area contributed by atoms with Crippen LogP contribution in [0.1, 0.15) is 21.5 Å². The SMILES string of the molecule is CN(CCOc1ccccc1F)C(=O)c1ccc2c(c1)CNC2.Cl. The van der Waals surface area contributed by atoms with Crippen LogP contribution in [0, 0.1) is 5.82 Å². The van der Waals surface area contributed by atoms with Crippen LogP contribution in [0.15, 0.2) is 42.5 Å². The number of amides is 1. The average molecular weight is 351 g/mol. The summed E-state index contributed by atoms with van der Waals surface area (Å²) < 4.78 is 18.8. The van der Waals surface area contributed by atoms with Gasteiger partial charge in [0.25, 0.3) is 5.91 Å². The summed E-state index contributed by atoms with van der Waals surface area (Å²) in [5, 5.41) is 3.26. The van der Waals surface area contributed by atoms with Crippen LogP contribution in [0.3, 0.4) is 0 Å². The van der Waals surface area contributed by atoms with Crippen molar-refractivity contribution >= 4 is 18.3 Å². The fourth-order valence-corrected chi connectivity index (χ4v) is 2.60. The van der Waals surface area contributed by atoms with Gasteiger partial charge in [0.05, 0.1) is 6.54 Å². The molecule has 2 aromatic carbocycles. The number of ether oxygens (including phenoxy) is 1. The van der Waals surface area contributed by atoms with Crippen molar-refractivity contribution < 1.29 is 13.9 Å². The Kier molecular flexibility index (Phi) is 6.17. The Morgan fingerprint density at radius 1 is 1.21 bits per heavy atom. The number of likely N-dealkylation sites (N-methyl/N-ethyl adjacent to an activating group) is 1. The van der Waals surface area contributed by atoms with Crippen LogP contribution in [0.2, 0.25) is 0 Å². The van der Waals surface area contributed by atoms with Gasteiger partial charge >= 0.3 is 0 Å². The fraction of sp³-hybridized carbons (Fsp3) is 0.278. The summed E-state index contributed by atoms with van der Waals surface area (Å²) >= 11 is 0. The van der Waals surface area contributed by atoms with Crippen LogP contribution in [0.5, 0.6) is 5.75 Å². The quantitative estimate of drug-likeness (QED) is 0.901. The molecule has 0 aliphatic carbocycles. The van der Waals surface area contributed by atoms with Crippen LogP contribution in [-0.4, -0.2) is 31.0 Å². The van der Waals surface area contributed by atoms with Gasteiger partial charge in [0.2, 0.25) is 0 Å². The van der Waals surface area contributed by atoms with Crippen molar-refractivity contribution in [3.63, 3.8) is 0 Å². The van der Waals surface area contributed by atoms with Crippen LogP contribution in [0.25, 0.3) is 0 Å². The van der Waals surface area contributed by atoms with Crippen LogP contribution < -0.4 is 10.1 Å². The van der Waals surface area contributed by atoms with E-state index in [1.807, 2.05) is 18.2 Å². The maximum absolute atomic E-state index is 13.5. The first-order valence-electron chi connectivity index (χ1n) is 7.60. The van der Waals surface area contributed by atoms with Crippen LogP contribution >= 0.6 is 12.4 Å². The molecule has 1 amide bonds. The molecule has 0 fully saturated rings. The predicted octanol–water partition coefficient (Wildman–Crippen LogP) is 3.00. The molecule has 0 saturated carbocycles. The van der Waals surface area contributed by atoms with Gasteiger partial charge in [-0.25, -0.2) is 4.39 Å². The number of benzene rings is 2. The first-order valence-corrected chi connectivity index (χ1v) is 7.60. The molecule has 128 valence electrons. The van der Waals surface area contributed by atoms with Gasteiger partial charge in [0, 0.05) is 25.7 Å². The van der Waals surface area contributed by atoms with Gasteiger partial charge in [-0.1, -0.05) is 18.2 Å². The fourth-order valence-electron chi connectivity index (χ4n) is 2.60. The Labute approximate surface area is 147 Å². The number of carbonyl (C=O) groups excluding carboxylic acids is 1. The standard InChI is InChI=1S/C18H19FN2O2.ClH/c1-21(8-9-23-17-5-3-2-4-16(17)19)18(22)13-6-7-14-11-20-12-15(14)10-13;/h2-7,10,20H,8-9,11-12H2,1H3;1H. The van der Waals surface area contributed by atoms with Gasteiger partial charge in [-0.3, -0.25) is 4.79 Å². The molecular formula is C18H20ClFN2O2. The minimum Gasteiger partial charge on any atom is -0.489 e. The molecule has 1 heterocycles. The molecule has 6 heteroatoms. The van der Waals surface area contributed by atoms with Gasteiger partial charge in [0.1, 0.15) is 6.61 Å². The Hall–Kier alpha value is -2.11. The molecule has 0 unspecified atom stereocenters. The lowest BCUT2D eigenvalue weighted by atomic mass is 10.1. The molecule has 0 bridgehead atoms. The molecule has 1 aliphatic rings. The summed E-state index contributed by atoms with van der Waals surface area (Å²) in [5.41, 5.74) is 3.08. The highest BCUT2D eigenvalue weighted by molar-refractivity contribution is 5.94. The zero-order chi connectivity index (χ0) is 16.2. The lowest BCUT2D eigenvalue weighted by Crippen LogP contribution is -2.31. The van der Waals surface area contributed by atoms with E-state index < -0.39 is 5.82 Å². The third kappa shape index (κ3) is 4.04. The first kappa shape index (κ1) is 18.2. The van der Waals surface area contributed by atoms with E-state index in [0.29, 0.717) is 12.1 Å². The summed E-state index contributed by atoms with van der Waals surface area (Å²) in [7, 11) is 1.72. The van der Waals surface area contributed by atoms with E-state index in [0.717, 1.165) is 13.1 Å². The molecule has 1 N–H and O–H groups in total. The lowest BCUT2D eigenvalue weighted by Gasteiger charge is -2.18. The van der Waals surface area contributed by atoms with Gasteiger partial charge in [-0.05, 0) is 35.4 Å². The highest BCUT2D eigenvalue weighted by atomic mass is 35.5. The smallest absolute Gasteiger partial charge is 0.253 e. The molecule has 0 saturated heterocycles. The van der Waals surface area contributed by atoms with Crippen LogP contribution in [-0.2, 0) is 13.1 Å². The molecule has 0 atom stereocenters. The highest BCUT2D eigenvalue weighted by Gasteiger charge is 2.16. The minimum atomic E-state index is -0.396. The predicted molar refractivity (Wildman–Crippen MR) is 93.1 cm³/mol. The number of hydrogen-bond donors (Lipinski definition) is 1. The number of carbonyl (C=O) groups is 1. The van der Waals surface area contributed by atoms with Crippen LogP contribution in [0.4, 0.5) is 4.39 Å². The number of halogens is 2. The van der Waals surface area contributed by atoms with Crippen molar-refractivity contribution in [1.82, 2.24) is 10.2 Å². The van der Waals surface area contributed by atoms with E-state index in [1.165, 1.54) is 17.2 Å². The summed E-state index contributed by atoms with van der Waals surface area (Å²) in [6.07, 6.45) is 0. The third-order valence-electron chi connectivity index (χ3n) is 3.95. The normalized spacial score (nSPS) is 12.2.